The van der Waals surface area contributed by atoms with Crippen LogP contribution in [0.1, 0.15) is 50.4 Å². The summed E-state index contributed by atoms with van der Waals surface area (Å²) in [6.07, 6.45) is 3.79. The van der Waals surface area contributed by atoms with Crippen LogP contribution in [0.5, 0.6) is 0 Å². The fourth-order valence-corrected chi connectivity index (χ4v) is 5.57. The van der Waals surface area contributed by atoms with Crippen LogP contribution in [-0.2, 0) is 9.84 Å². The molecule has 2 atom stereocenters. The van der Waals surface area contributed by atoms with E-state index in [2.05, 4.69) is 20.8 Å². The van der Waals surface area contributed by atoms with Gasteiger partial charge in [0.2, 0.25) is 0 Å². The van der Waals surface area contributed by atoms with E-state index in [-0.39, 0.29) is 38.9 Å². The van der Waals surface area contributed by atoms with E-state index in [9.17, 15) is 23.3 Å². The molecular weight excluding hydrogens is 356 g/mol. The van der Waals surface area contributed by atoms with E-state index in [4.69, 9.17) is 0 Å². The van der Waals surface area contributed by atoms with Gasteiger partial charge in [-0.15, -0.1) is 0 Å². The van der Waals surface area contributed by atoms with Gasteiger partial charge >= 0.3 is 0 Å². The Morgan fingerprint density at radius 1 is 1.23 bits per heavy atom. The molecule has 1 saturated carbocycles. The molecule has 1 aliphatic heterocycles. The molecule has 8 heteroatoms. The lowest BCUT2D eigenvalue weighted by Crippen LogP contribution is -2.37. The Labute approximate surface area is 153 Å². The predicted octanol–water partition coefficient (Wildman–Crippen LogP) is 3.04. The number of nitro groups is 1. The number of nitro benzene ring substituents is 1. The van der Waals surface area contributed by atoms with Gasteiger partial charge < -0.3 is 4.90 Å². The molecule has 0 spiro atoms. The first-order valence-electron chi connectivity index (χ1n) is 8.60. The number of hydrogen-bond donors (Lipinski definition) is 0. The van der Waals surface area contributed by atoms with E-state index in [0.29, 0.717) is 6.54 Å². The first kappa shape index (κ1) is 18.8. The van der Waals surface area contributed by atoms with E-state index in [1.807, 2.05) is 0 Å². The maximum absolute atomic E-state index is 13.1. The summed E-state index contributed by atoms with van der Waals surface area (Å²) in [5.41, 5.74) is -0.158. The summed E-state index contributed by atoms with van der Waals surface area (Å²) in [6.45, 7) is 7.15. The van der Waals surface area contributed by atoms with Crippen molar-refractivity contribution in [1.29, 1.82) is 0 Å². The van der Waals surface area contributed by atoms with Crippen molar-refractivity contribution in [3.8, 4) is 0 Å². The molecule has 2 unspecified atom stereocenters. The number of hydrogen-bond acceptors (Lipinski definition) is 5. The standard InChI is InChI=1S/C18H24N2O5S/c1-17(2)8-14-9-18(3,10-17)11-19(14)16(21)12-5-13(20(22)23)7-15(6-12)26(4,24)25/h5-7,14H,8-11H2,1-4H3. The van der Waals surface area contributed by atoms with Gasteiger partial charge in [-0.05, 0) is 36.2 Å². The van der Waals surface area contributed by atoms with Gasteiger partial charge in [-0.1, -0.05) is 20.8 Å². The van der Waals surface area contributed by atoms with Crippen LogP contribution in [0.4, 0.5) is 5.69 Å². The van der Waals surface area contributed by atoms with Crippen molar-refractivity contribution in [1.82, 2.24) is 4.90 Å². The molecule has 0 N–H and O–H groups in total. The maximum atomic E-state index is 13.1. The fourth-order valence-electron chi connectivity index (χ4n) is 4.89. The summed E-state index contributed by atoms with van der Waals surface area (Å²) in [5, 5.41) is 11.2. The summed E-state index contributed by atoms with van der Waals surface area (Å²) in [7, 11) is -3.66. The lowest BCUT2D eigenvalue weighted by atomic mass is 9.65. The van der Waals surface area contributed by atoms with Crippen molar-refractivity contribution in [2.75, 3.05) is 12.8 Å². The van der Waals surface area contributed by atoms with Gasteiger partial charge in [-0.25, -0.2) is 8.42 Å². The molecule has 2 fully saturated rings. The molecule has 7 nitrogen and oxygen atoms in total. The zero-order valence-electron chi connectivity index (χ0n) is 15.5. The minimum atomic E-state index is -3.66. The fraction of sp³-hybridized carbons (Fsp3) is 0.611. The van der Waals surface area contributed by atoms with Crippen LogP contribution < -0.4 is 0 Å². The van der Waals surface area contributed by atoms with E-state index >= 15 is 0 Å². The number of amides is 1. The predicted molar refractivity (Wildman–Crippen MR) is 96.8 cm³/mol. The van der Waals surface area contributed by atoms with Crippen LogP contribution in [0.3, 0.4) is 0 Å². The van der Waals surface area contributed by atoms with Crippen molar-refractivity contribution in [2.45, 2.75) is 51.0 Å². The Balaban J connectivity index is 2.01. The smallest absolute Gasteiger partial charge is 0.271 e. The quantitative estimate of drug-likeness (QED) is 0.593. The third-order valence-electron chi connectivity index (χ3n) is 5.45. The van der Waals surface area contributed by atoms with Gasteiger partial charge in [0.15, 0.2) is 9.84 Å². The molecule has 0 radical (unpaired) electrons. The molecule has 1 aromatic carbocycles. The molecule has 3 rings (SSSR count). The third-order valence-corrected chi connectivity index (χ3v) is 6.54. The Kier molecular flexibility index (Phi) is 4.18. The van der Waals surface area contributed by atoms with Crippen molar-refractivity contribution < 1.29 is 18.1 Å². The van der Waals surface area contributed by atoms with Gasteiger partial charge in [0, 0.05) is 36.5 Å². The monoisotopic (exact) mass is 380 g/mol. The molecule has 1 aliphatic carbocycles. The second-order valence-electron chi connectivity index (χ2n) is 8.89. The van der Waals surface area contributed by atoms with Crippen LogP contribution in [0.15, 0.2) is 23.1 Å². The van der Waals surface area contributed by atoms with E-state index in [1.165, 1.54) is 12.1 Å². The molecule has 2 aliphatic rings. The Morgan fingerprint density at radius 2 is 1.88 bits per heavy atom. The maximum Gasteiger partial charge on any atom is 0.271 e. The number of non-ortho nitro benzene ring substituents is 1. The molecule has 0 aromatic heterocycles. The van der Waals surface area contributed by atoms with E-state index in [1.54, 1.807) is 4.90 Å². The number of nitrogens with zero attached hydrogens (tertiary/aromatic N) is 2. The molecule has 1 amide bonds. The zero-order valence-corrected chi connectivity index (χ0v) is 16.3. The van der Waals surface area contributed by atoms with Crippen molar-refractivity contribution >= 4 is 21.4 Å². The SMILES string of the molecule is CC1(C)CC2CC(C)(CN2C(=O)c2cc([N+](=O)[O-])cc(S(C)(=O)=O)c2)C1. The summed E-state index contributed by atoms with van der Waals surface area (Å²) in [6, 6.07) is 3.50. The lowest BCUT2D eigenvalue weighted by Gasteiger charge is -2.39. The van der Waals surface area contributed by atoms with Gasteiger partial charge in [0.25, 0.3) is 11.6 Å². The Bertz CT molecular complexity index is 893. The average Bonchev–Trinajstić information content (AvgIpc) is 2.74. The lowest BCUT2D eigenvalue weighted by molar-refractivity contribution is -0.385. The highest BCUT2D eigenvalue weighted by Crippen LogP contribution is 2.52. The van der Waals surface area contributed by atoms with Crippen LogP contribution >= 0.6 is 0 Å². The Morgan fingerprint density at radius 3 is 2.46 bits per heavy atom. The first-order chi connectivity index (χ1) is 11.8. The van der Waals surface area contributed by atoms with Gasteiger partial charge in [-0.2, -0.15) is 0 Å². The second kappa shape index (κ2) is 5.77. The number of benzene rings is 1. The van der Waals surface area contributed by atoms with Crippen molar-refractivity contribution in [3.63, 3.8) is 0 Å². The molecule has 2 bridgehead atoms. The highest BCUT2D eigenvalue weighted by Gasteiger charge is 2.51. The number of carbonyl (C=O) groups is 1. The summed E-state index contributed by atoms with van der Waals surface area (Å²) in [4.78, 5) is 25.2. The first-order valence-corrected chi connectivity index (χ1v) is 10.5. The number of sulfone groups is 1. The van der Waals surface area contributed by atoms with Crippen LogP contribution in [0, 0.1) is 20.9 Å². The van der Waals surface area contributed by atoms with Crippen molar-refractivity contribution in [2.24, 2.45) is 10.8 Å². The van der Waals surface area contributed by atoms with E-state index in [0.717, 1.165) is 31.6 Å². The van der Waals surface area contributed by atoms with Gasteiger partial charge in [0.1, 0.15) is 0 Å². The number of rotatable bonds is 3. The average molecular weight is 380 g/mol. The third kappa shape index (κ3) is 3.47. The van der Waals surface area contributed by atoms with Crippen molar-refractivity contribution in [3.05, 3.63) is 33.9 Å². The second-order valence-corrected chi connectivity index (χ2v) is 10.9. The minimum Gasteiger partial charge on any atom is -0.335 e. The molecule has 1 aromatic rings. The minimum absolute atomic E-state index is 0.0302. The Hall–Kier alpha value is -1.96. The number of fused-ring (bicyclic) bond motifs is 2. The largest absolute Gasteiger partial charge is 0.335 e. The van der Waals surface area contributed by atoms with Crippen LogP contribution in [0.2, 0.25) is 0 Å². The molecule has 142 valence electrons. The van der Waals surface area contributed by atoms with Crippen LogP contribution in [0.25, 0.3) is 0 Å². The molecule has 1 saturated heterocycles. The highest BCUT2D eigenvalue weighted by molar-refractivity contribution is 7.90. The summed E-state index contributed by atoms with van der Waals surface area (Å²) < 4.78 is 23.8. The normalized spacial score (nSPS) is 27.4. The topological polar surface area (TPSA) is 97.6 Å². The number of carbonyl (C=O) groups excluding carboxylic acids is 1. The summed E-state index contributed by atoms with van der Waals surface area (Å²) in [5.74, 6) is -0.329. The van der Waals surface area contributed by atoms with Gasteiger partial charge in [0.05, 0.1) is 9.82 Å². The van der Waals surface area contributed by atoms with Gasteiger partial charge in [-0.3, -0.25) is 14.9 Å². The molecule has 26 heavy (non-hydrogen) atoms. The zero-order chi connectivity index (χ0) is 19.5. The molecule has 1 heterocycles. The van der Waals surface area contributed by atoms with Crippen LogP contribution in [-0.4, -0.2) is 43.0 Å². The number of likely N-dealkylation sites (tertiary alicyclic amines) is 1. The van der Waals surface area contributed by atoms with E-state index < -0.39 is 14.8 Å². The molecular formula is C18H24N2O5S. The highest BCUT2D eigenvalue weighted by atomic mass is 32.2. The summed E-state index contributed by atoms with van der Waals surface area (Å²) >= 11 is 0.